The summed E-state index contributed by atoms with van der Waals surface area (Å²) in [5, 5.41) is 2.96. The second kappa shape index (κ2) is 8.60. The second-order valence-corrected chi connectivity index (χ2v) is 7.54. The highest BCUT2D eigenvalue weighted by Crippen LogP contribution is 2.42. The van der Waals surface area contributed by atoms with E-state index in [0.29, 0.717) is 16.9 Å². The Hall–Kier alpha value is -3.67. The topological polar surface area (TPSA) is 58.6 Å². The van der Waals surface area contributed by atoms with Crippen molar-refractivity contribution in [2.75, 3.05) is 14.2 Å². The van der Waals surface area contributed by atoms with Crippen molar-refractivity contribution in [3.05, 3.63) is 101 Å². The van der Waals surface area contributed by atoms with Gasteiger partial charge >= 0.3 is 0 Å². The Kier molecular flexibility index (Phi) is 5.71. The number of methoxy groups -OCH3 is 1. The molecule has 4 rings (SSSR count). The molecule has 6 heteroatoms. The van der Waals surface area contributed by atoms with Gasteiger partial charge in [-0.3, -0.25) is 9.59 Å². The number of fused-ring (bicyclic) bond motifs is 1. The van der Waals surface area contributed by atoms with E-state index in [4.69, 9.17) is 4.74 Å². The molecule has 0 bridgehead atoms. The predicted molar refractivity (Wildman–Crippen MR) is 115 cm³/mol. The average Bonchev–Trinajstić information content (AvgIpc) is 2.81. The summed E-state index contributed by atoms with van der Waals surface area (Å²) in [6.07, 6.45) is 0. The Labute approximate surface area is 180 Å². The van der Waals surface area contributed by atoms with Gasteiger partial charge in [-0.05, 0) is 47.0 Å². The summed E-state index contributed by atoms with van der Waals surface area (Å²) in [5.74, 6) is -0.536. The molecule has 0 fully saturated rings. The van der Waals surface area contributed by atoms with Gasteiger partial charge in [0.15, 0.2) is 0 Å². The molecule has 0 saturated heterocycles. The van der Waals surface area contributed by atoms with Crippen LogP contribution in [0.25, 0.3) is 0 Å². The first kappa shape index (κ1) is 20.6. The van der Waals surface area contributed by atoms with Gasteiger partial charge in [-0.2, -0.15) is 0 Å². The molecule has 0 aromatic heterocycles. The Morgan fingerprint density at radius 2 is 1.71 bits per heavy atom. The Balaban J connectivity index is 1.70. The molecule has 3 aromatic rings. The number of likely N-dealkylation sites (N-methyl/N-ethyl adjacent to an activating group) is 1. The van der Waals surface area contributed by atoms with E-state index in [2.05, 4.69) is 5.32 Å². The lowest BCUT2D eigenvalue weighted by molar-refractivity contribution is -0.124. The van der Waals surface area contributed by atoms with Gasteiger partial charge in [-0.15, -0.1) is 0 Å². The van der Waals surface area contributed by atoms with Crippen molar-refractivity contribution in [2.45, 2.75) is 18.5 Å². The highest BCUT2D eigenvalue weighted by atomic mass is 19.1. The van der Waals surface area contributed by atoms with E-state index in [1.807, 2.05) is 36.4 Å². The Bertz CT molecular complexity index is 1100. The summed E-state index contributed by atoms with van der Waals surface area (Å²) in [4.78, 5) is 28.1. The first-order valence-corrected chi connectivity index (χ1v) is 10.0. The molecule has 0 spiro atoms. The number of benzene rings is 3. The number of hydrogen-bond donors (Lipinski definition) is 1. The van der Waals surface area contributed by atoms with Crippen LogP contribution < -0.4 is 10.1 Å². The molecular weight excluding hydrogens is 395 g/mol. The number of halogens is 1. The SMILES string of the molecule is COc1ccc(C2C(C(=O)NCc3ccc(F)cc3)c3ccccc3C(=O)N2C)cc1. The lowest BCUT2D eigenvalue weighted by Crippen LogP contribution is -2.45. The van der Waals surface area contributed by atoms with Crippen LogP contribution in [0.4, 0.5) is 4.39 Å². The lowest BCUT2D eigenvalue weighted by Gasteiger charge is -2.39. The smallest absolute Gasteiger partial charge is 0.254 e. The summed E-state index contributed by atoms with van der Waals surface area (Å²) < 4.78 is 18.4. The number of amides is 2. The minimum absolute atomic E-state index is 0.126. The van der Waals surface area contributed by atoms with Gasteiger partial charge < -0.3 is 15.0 Å². The molecule has 1 N–H and O–H groups in total. The normalized spacial score (nSPS) is 17.8. The third-order valence-corrected chi connectivity index (χ3v) is 5.70. The average molecular weight is 418 g/mol. The second-order valence-electron chi connectivity index (χ2n) is 7.54. The van der Waals surface area contributed by atoms with E-state index in [1.54, 1.807) is 43.3 Å². The molecule has 2 atom stereocenters. The van der Waals surface area contributed by atoms with Crippen molar-refractivity contribution in [2.24, 2.45) is 0 Å². The van der Waals surface area contributed by atoms with Crippen LogP contribution in [0.2, 0.25) is 0 Å². The van der Waals surface area contributed by atoms with Crippen LogP contribution in [-0.2, 0) is 11.3 Å². The van der Waals surface area contributed by atoms with Crippen LogP contribution in [0, 0.1) is 5.82 Å². The molecule has 31 heavy (non-hydrogen) atoms. The van der Waals surface area contributed by atoms with E-state index in [1.165, 1.54) is 12.1 Å². The van der Waals surface area contributed by atoms with Crippen molar-refractivity contribution in [3.8, 4) is 5.75 Å². The summed E-state index contributed by atoms with van der Waals surface area (Å²) in [6, 6.07) is 20.1. The molecule has 1 heterocycles. The van der Waals surface area contributed by atoms with Crippen LogP contribution in [0.5, 0.6) is 5.75 Å². The molecule has 158 valence electrons. The molecule has 0 aliphatic carbocycles. The number of hydrogen-bond acceptors (Lipinski definition) is 3. The molecular formula is C25H23FN2O3. The van der Waals surface area contributed by atoms with Gasteiger partial charge in [0.1, 0.15) is 11.6 Å². The zero-order chi connectivity index (χ0) is 22.0. The van der Waals surface area contributed by atoms with Crippen molar-refractivity contribution in [1.82, 2.24) is 10.2 Å². The van der Waals surface area contributed by atoms with Crippen molar-refractivity contribution in [1.29, 1.82) is 0 Å². The molecule has 0 radical (unpaired) electrons. The monoisotopic (exact) mass is 418 g/mol. The molecule has 1 aliphatic heterocycles. The summed E-state index contributed by atoms with van der Waals surface area (Å²) >= 11 is 0. The molecule has 3 aromatic carbocycles. The zero-order valence-electron chi connectivity index (χ0n) is 17.3. The Morgan fingerprint density at radius 3 is 2.39 bits per heavy atom. The van der Waals surface area contributed by atoms with Gasteiger partial charge in [0.05, 0.1) is 19.1 Å². The Morgan fingerprint density at radius 1 is 1.03 bits per heavy atom. The number of carbonyl (C=O) groups excluding carboxylic acids is 2. The predicted octanol–water partition coefficient (Wildman–Crippen LogP) is 4.06. The molecule has 2 amide bonds. The molecule has 0 saturated carbocycles. The number of nitrogens with one attached hydrogen (secondary N) is 1. The van der Waals surface area contributed by atoms with Gasteiger partial charge in [0, 0.05) is 19.2 Å². The summed E-state index contributed by atoms with van der Waals surface area (Å²) in [5.41, 5.74) is 2.86. The van der Waals surface area contributed by atoms with Crippen LogP contribution in [0.3, 0.4) is 0 Å². The quantitative estimate of drug-likeness (QED) is 0.680. The van der Waals surface area contributed by atoms with E-state index in [-0.39, 0.29) is 24.2 Å². The van der Waals surface area contributed by atoms with Gasteiger partial charge in [-0.25, -0.2) is 4.39 Å². The molecule has 5 nitrogen and oxygen atoms in total. The number of rotatable bonds is 5. The standard InChI is InChI=1S/C25H23FN2O3/c1-28-23(17-9-13-19(31-2)14-10-17)22(20-5-3-4-6-21(20)25(28)30)24(29)27-15-16-7-11-18(26)12-8-16/h3-14,22-23H,15H2,1-2H3,(H,27,29). The van der Waals surface area contributed by atoms with Crippen LogP contribution >= 0.6 is 0 Å². The maximum absolute atomic E-state index is 13.4. The van der Waals surface area contributed by atoms with Gasteiger partial charge in [-0.1, -0.05) is 42.5 Å². The van der Waals surface area contributed by atoms with Gasteiger partial charge in [0.25, 0.3) is 5.91 Å². The van der Waals surface area contributed by atoms with E-state index >= 15 is 0 Å². The zero-order valence-corrected chi connectivity index (χ0v) is 17.3. The van der Waals surface area contributed by atoms with Crippen molar-refractivity contribution >= 4 is 11.8 Å². The number of nitrogens with zero attached hydrogens (tertiary/aromatic N) is 1. The van der Waals surface area contributed by atoms with Crippen LogP contribution in [0.15, 0.2) is 72.8 Å². The third-order valence-electron chi connectivity index (χ3n) is 5.70. The van der Waals surface area contributed by atoms with Crippen LogP contribution in [0.1, 0.15) is 39.0 Å². The fourth-order valence-electron chi connectivity index (χ4n) is 4.08. The number of carbonyl (C=O) groups is 2. The lowest BCUT2D eigenvalue weighted by atomic mass is 9.79. The van der Waals surface area contributed by atoms with Crippen LogP contribution in [-0.4, -0.2) is 30.9 Å². The number of ether oxygens (including phenoxy) is 1. The highest BCUT2D eigenvalue weighted by Gasteiger charge is 2.42. The maximum atomic E-state index is 13.4. The third kappa shape index (κ3) is 4.01. The van der Waals surface area contributed by atoms with Crippen molar-refractivity contribution in [3.63, 3.8) is 0 Å². The molecule has 1 aliphatic rings. The van der Waals surface area contributed by atoms with Gasteiger partial charge in [0.2, 0.25) is 5.91 Å². The minimum atomic E-state index is -0.590. The minimum Gasteiger partial charge on any atom is -0.497 e. The van der Waals surface area contributed by atoms with E-state index in [0.717, 1.165) is 11.1 Å². The van der Waals surface area contributed by atoms with E-state index < -0.39 is 12.0 Å². The summed E-state index contributed by atoms with van der Waals surface area (Å²) in [7, 11) is 3.31. The van der Waals surface area contributed by atoms with E-state index in [9.17, 15) is 14.0 Å². The fourth-order valence-corrected chi connectivity index (χ4v) is 4.08. The first-order valence-electron chi connectivity index (χ1n) is 10.0. The fraction of sp³-hybridized carbons (Fsp3) is 0.200. The van der Waals surface area contributed by atoms with Crippen molar-refractivity contribution < 1.29 is 18.7 Å². The highest BCUT2D eigenvalue weighted by molar-refractivity contribution is 6.01. The summed E-state index contributed by atoms with van der Waals surface area (Å²) in [6.45, 7) is 0.269. The first-order chi connectivity index (χ1) is 15.0. The largest absolute Gasteiger partial charge is 0.497 e. The maximum Gasteiger partial charge on any atom is 0.254 e. The molecule has 2 unspecified atom stereocenters.